The summed E-state index contributed by atoms with van der Waals surface area (Å²) in [5.74, 6) is 0.210. The van der Waals surface area contributed by atoms with Gasteiger partial charge in [-0.1, -0.05) is 48.5 Å². The van der Waals surface area contributed by atoms with E-state index in [1.807, 2.05) is 0 Å². The average Bonchev–Trinajstić information content (AvgIpc) is 3.13. The Balaban J connectivity index is 1.57. The molecule has 1 aromatic heterocycles. The molecule has 1 amide bonds. The summed E-state index contributed by atoms with van der Waals surface area (Å²) in [6.45, 7) is 0. The van der Waals surface area contributed by atoms with Crippen LogP contribution in [0.3, 0.4) is 0 Å². The molecule has 0 spiro atoms. The highest BCUT2D eigenvalue weighted by Gasteiger charge is 2.33. The number of rotatable bonds is 4. The number of carbonyl (C=O) groups excluding carboxylic acids is 1. The van der Waals surface area contributed by atoms with Gasteiger partial charge in [-0.15, -0.1) is 0 Å². The number of carbonyl (C=O) groups is 1. The Hall–Kier alpha value is -2.75. The molecule has 0 bridgehead atoms. The van der Waals surface area contributed by atoms with E-state index in [2.05, 4.69) is 26.7 Å². The van der Waals surface area contributed by atoms with Crippen LogP contribution in [0.15, 0.2) is 36.4 Å². The van der Waals surface area contributed by atoms with Gasteiger partial charge < -0.3 is 15.6 Å². The molecule has 0 radical (unpaired) electrons. The Kier molecular flexibility index (Phi) is 5.35. The number of imidazole rings is 1. The van der Waals surface area contributed by atoms with Crippen molar-refractivity contribution in [2.45, 2.75) is 37.6 Å². The van der Waals surface area contributed by atoms with Crippen molar-refractivity contribution in [2.24, 2.45) is 0 Å². The molecule has 1 saturated carbocycles. The first-order chi connectivity index (χ1) is 14.0. The molecular weight excluding hydrogens is 409 g/mol. The normalized spacial score (nSPS) is 15.6. The highest BCUT2D eigenvalue weighted by atomic mass is 35.5. The van der Waals surface area contributed by atoms with E-state index in [0.29, 0.717) is 51.1 Å². The monoisotopic (exact) mass is 427 g/mol. The lowest BCUT2D eigenvalue weighted by molar-refractivity contribution is 0.0903. The highest BCUT2D eigenvalue weighted by molar-refractivity contribution is 6.39. The van der Waals surface area contributed by atoms with Gasteiger partial charge in [-0.25, -0.2) is 4.98 Å². The van der Waals surface area contributed by atoms with E-state index in [9.17, 15) is 10.1 Å². The number of halogens is 2. The Labute approximate surface area is 178 Å². The van der Waals surface area contributed by atoms with Gasteiger partial charge in [-0.2, -0.15) is 5.26 Å². The summed E-state index contributed by atoms with van der Waals surface area (Å²) in [6.07, 6.45) is 4.38. The van der Waals surface area contributed by atoms with Crippen molar-refractivity contribution >= 4 is 51.8 Å². The Morgan fingerprint density at radius 2 is 1.86 bits per heavy atom. The number of hydrogen-bond acceptors (Lipinski definition) is 4. The predicted molar refractivity (Wildman–Crippen MR) is 115 cm³/mol. The van der Waals surface area contributed by atoms with Crippen LogP contribution in [0.5, 0.6) is 0 Å². The number of nitrogens with one attached hydrogen (secondary N) is 3. The highest BCUT2D eigenvalue weighted by Crippen LogP contribution is 2.32. The van der Waals surface area contributed by atoms with Crippen molar-refractivity contribution in [1.82, 2.24) is 15.3 Å². The number of H-pyrrole nitrogens is 1. The zero-order valence-corrected chi connectivity index (χ0v) is 17.1. The van der Waals surface area contributed by atoms with E-state index in [4.69, 9.17) is 23.2 Å². The predicted octanol–water partition coefficient (Wildman–Crippen LogP) is 5.57. The number of para-hydroxylation sites is 1. The second kappa shape index (κ2) is 7.94. The zero-order valence-electron chi connectivity index (χ0n) is 15.6. The lowest BCUT2D eigenvalue weighted by atomic mass is 9.82. The number of anilines is 2. The van der Waals surface area contributed by atoms with Gasteiger partial charge >= 0.3 is 0 Å². The van der Waals surface area contributed by atoms with Crippen LogP contribution in [0.2, 0.25) is 10.0 Å². The minimum absolute atomic E-state index is 0.256. The van der Waals surface area contributed by atoms with Crippen LogP contribution < -0.4 is 10.6 Å². The third kappa shape index (κ3) is 4.02. The standard InChI is InChI=1S/C21H19Cl2N5O/c22-14-5-4-6-15(23)18(14)27-20-25-16-8-7-13(11-17(16)26-20)19(29)28-21(12-24)9-2-1-3-10-21/h4-8,11H,1-3,9-10H2,(H,28,29)(H2,25,26,27). The molecule has 3 N–H and O–H groups in total. The van der Waals surface area contributed by atoms with Crippen LogP contribution in [0.1, 0.15) is 42.5 Å². The summed E-state index contributed by atoms with van der Waals surface area (Å²) < 4.78 is 0. The Bertz CT molecular complexity index is 1090. The maximum absolute atomic E-state index is 12.8. The number of aromatic nitrogens is 2. The van der Waals surface area contributed by atoms with Crippen molar-refractivity contribution in [1.29, 1.82) is 5.26 Å². The van der Waals surface area contributed by atoms with Crippen molar-refractivity contribution in [3.8, 4) is 6.07 Å². The second-order valence-corrected chi connectivity index (χ2v) is 8.06. The second-order valence-electron chi connectivity index (χ2n) is 7.25. The molecule has 6 nitrogen and oxygen atoms in total. The van der Waals surface area contributed by atoms with E-state index in [1.165, 1.54) is 0 Å². The summed E-state index contributed by atoms with van der Waals surface area (Å²) >= 11 is 12.4. The third-order valence-corrected chi connectivity index (χ3v) is 5.85. The van der Waals surface area contributed by atoms with Gasteiger partial charge in [0.15, 0.2) is 0 Å². The van der Waals surface area contributed by atoms with Crippen LogP contribution in [-0.2, 0) is 0 Å². The van der Waals surface area contributed by atoms with Gasteiger partial charge in [-0.3, -0.25) is 4.79 Å². The van der Waals surface area contributed by atoms with Crippen molar-refractivity contribution in [2.75, 3.05) is 5.32 Å². The minimum atomic E-state index is -0.772. The molecule has 4 rings (SSSR count). The van der Waals surface area contributed by atoms with E-state index >= 15 is 0 Å². The molecule has 2 aromatic carbocycles. The number of aromatic amines is 1. The molecule has 0 aliphatic heterocycles. The van der Waals surface area contributed by atoms with Gasteiger partial charge in [0.25, 0.3) is 5.91 Å². The Morgan fingerprint density at radius 1 is 1.14 bits per heavy atom. The minimum Gasteiger partial charge on any atom is -0.334 e. The van der Waals surface area contributed by atoms with Crippen LogP contribution in [0.4, 0.5) is 11.6 Å². The molecule has 0 atom stereocenters. The molecule has 8 heteroatoms. The topological polar surface area (TPSA) is 93.6 Å². The molecule has 1 aliphatic carbocycles. The fraction of sp³-hybridized carbons (Fsp3) is 0.286. The van der Waals surface area contributed by atoms with E-state index in [1.54, 1.807) is 36.4 Å². The number of hydrogen-bond donors (Lipinski definition) is 3. The summed E-state index contributed by atoms with van der Waals surface area (Å²) in [5.41, 5.74) is 1.65. The lowest BCUT2D eigenvalue weighted by Gasteiger charge is -2.31. The first kappa shape index (κ1) is 19.6. The van der Waals surface area contributed by atoms with Gasteiger partial charge in [-0.05, 0) is 43.2 Å². The number of amides is 1. The van der Waals surface area contributed by atoms with Crippen molar-refractivity contribution in [3.63, 3.8) is 0 Å². The first-order valence-electron chi connectivity index (χ1n) is 9.44. The van der Waals surface area contributed by atoms with Crippen LogP contribution >= 0.6 is 23.2 Å². The fourth-order valence-electron chi connectivity index (χ4n) is 3.66. The van der Waals surface area contributed by atoms with Gasteiger partial charge in [0, 0.05) is 5.56 Å². The number of benzene rings is 2. The molecular formula is C21H19Cl2N5O. The summed E-state index contributed by atoms with van der Waals surface area (Å²) in [7, 11) is 0. The molecule has 0 unspecified atom stereocenters. The quantitative estimate of drug-likeness (QED) is 0.507. The van der Waals surface area contributed by atoms with E-state index in [0.717, 1.165) is 19.3 Å². The molecule has 1 heterocycles. The third-order valence-electron chi connectivity index (χ3n) is 5.22. The van der Waals surface area contributed by atoms with Crippen LogP contribution in [-0.4, -0.2) is 21.4 Å². The molecule has 148 valence electrons. The maximum Gasteiger partial charge on any atom is 0.252 e. The van der Waals surface area contributed by atoms with Crippen LogP contribution in [0, 0.1) is 11.3 Å². The molecule has 1 aliphatic rings. The maximum atomic E-state index is 12.8. The van der Waals surface area contributed by atoms with Crippen LogP contribution in [0.25, 0.3) is 11.0 Å². The van der Waals surface area contributed by atoms with Crippen molar-refractivity contribution < 1.29 is 4.79 Å². The zero-order chi connectivity index (χ0) is 20.4. The number of nitriles is 1. The summed E-state index contributed by atoms with van der Waals surface area (Å²) in [6, 6.07) is 12.7. The van der Waals surface area contributed by atoms with Gasteiger partial charge in [0.1, 0.15) is 5.54 Å². The molecule has 29 heavy (non-hydrogen) atoms. The molecule has 0 saturated heterocycles. The SMILES string of the molecule is N#CC1(NC(=O)c2ccc3nc(Nc4c(Cl)cccc4Cl)[nH]c3c2)CCCCC1. The van der Waals surface area contributed by atoms with Crippen molar-refractivity contribution in [3.05, 3.63) is 52.0 Å². The number of fused-ring (bicyclic) bond motifs is 1. The summed E-state index contributed by atoms with van der Waals surface area (Å²) in [4.78, 5) is 20.4. The lowest BCUT2D eigenvalue weighted by Crippen LogP contribution is -2.48. The summed E-state index contributed by atoms with van der Waals surface area (Å²) in [5, 5.41) is 16.6. The Morgan fingerprint density at radius 3 is 2.55 bits per heavy atom. The van der Waals surface area contributed by atoms with E-state index < -0.39 is 5.54 Å². The largest absolute Gasteiger partial charge is 0.334 e. The van der Waals surface area contributed by atoms with Gasteiger partial charge in [0.2, 0.25) is 5.95 Å². The molecule has 3 aromatic rings. The molecule has 1 fully saturated rings. The fourth-order valence-corrected chi connectivity index (χ4v) is 4.15. The average molecular weight is 428 g/mol. The first-order valence-corrected chi connectivity index (χ1v) is 10.2. The van der Waals surface area contributed by atoms with Gasteiger partial charge in [0.05, 0.1) is 32.8 Å². The number of nitrogens with zero attached hydrogens (tertiary/aromatic N) is 2. The van der Waals surface area contributed by atoms with E-state index in [-0.39, 0.29) is 5.91 Å². The smallest absolute Gasteiger partial charge is 0.252 e.